The zero-order valence-corrected chi connectivity index (χ0v) is 28.3. The van der Waals surface area contributed by atoms with Crippen LogP contribution >= 0.6 is 0 Å². The fourth-order valence-corrected chi connectivity index (χ4v) is 6.46. The molecule has 1 amide bonds. The normalized spacial score (nSPS) is 19.4. The predicted octanol–water partition coefficient (Wildman–Crippen LogP) is 3.83. The lowest BCUT2D eigenvalue weighted by molar-refractivity contribution is -0.174. The van der Waals surface area contributed by atoms with Crippen LogP contribution in [0, 0.1) is 17.8 Å². The zero-order valence-electron chi connectivity index (χ0n) is 28.3. The Balaban J connectivity index is 1.38. The lowest BCUT2D eigenvalue weighted by Gasteiger charge is -2.37. The van der Waals surface area contributed by atoms with Gasteiger partial charge in [0.1, 0.15) is 18.2 Å². The Kier molecular flexibility index (Phi) is 11.8. The van der Waals surface area contributed by atoms with E-state index in [0.29, 0.717) is 26.1 Å². The predicted molar refractivity (Wildman–Crippen MR) is 179 cm³/mol. The van der Waals surface area contributed by atoms with Crippen LogP contribution in [-0.4, -0.2) is 91.9 Å². The number of carboxylic acid groups (broad SMARTS) is 1. The van der Waals surface area contributed by atoms with E-state index in [2.05, 4.69) is 10.2 Å². The summed E-state index contributed by atoms with van der Waals surface area (Å²) < 4.78 is 17.3. The van der Waals surface area contributed by atoms with Crippen LogP contribution < -0.4 is 10.2 Å². The van der Waals surface area contributed by atoms with Gasteiger partial charge >= 0.3 is 17.9 Å². The fourth-order valence-electron chi connectivity index (χ4n) is 6.46. The van der Waals surface area contributed by atoms with Gasteiger partial charge in [-0.1, -0.05) is 68.1 Å². The van der Waals surface area contributed by atoms with Gasteiger partial charge in [0.05, 0.1) is 19.1 Å². The molecule has 1 heterocycles. The summed E-state index contributed by atoms with van der Waals surface area (Å²) in [4.78, 5) is 57.6. The highest BCUT2D eigenvalue weighted by atomic mass is 16.6. The number of hydrogen-bond donors (Lipinski definition) is 2. The number of nitrogens with one attached hydrogen (secondary N) is 1. The van der Waals surface area contributed by atoms with Crippen molar-refractivity contribution in [2.75, 3.05) is 45.3 Å². The number of anilines is 1. The van der Waals surface area contributed by atoms with E-state index in [0.717, 1.165) is 55.6 Å². The van der Waals surface area contributed by atoms with Crippen molar-refractivity contribution in [3.8, 4) is 0 Å². The molecule has 48 heavy (non-hydrogen) atoms. The molecule has 1 aliphatic heterocycles. The maximum absolute atomic E-state index is 14.4. The molecule has 0 aromatic heterocycles. The van der Waals surface area contributed by atoms with Crippen LogP contribution in [-0.2, 0) is 46.4 Å². The molecule has 4 unspecified atom stereocenters. The molecule has 3 fully saturated rings. The summed E-state index contributed by atoms with van der Waals surface area (Å²) in [5.41, 5.74) is 1.15. The van der Waals surface area contributed by atoms with E-state index in [9.17, 15) is 24.3 Å². The van der Waals surface area contributed by atoms with Crippen LogP contribution in [0.5, 0.6) is 0 Å². The van der Waals surface area contributed by atoms with E-state index < -0.39 is 47.4 Å². The summed E-state index contributed by atoms with van der Waals surface area (Å²) in [6.45, 7) is 4.57. The highest BCUT2D eigenvalue weighted by Crippen LogP contribution is 2.41. The van der Waals surface area contributed by atoms with Gasteiger partial charge in [0.2, 0.25) is 0 Å². The van der Waals surface area contributed by atoms with Crippen LogP contribution in [0.2, 0.25) is 0 Å². The quantitative estimate of drug-likeness (QED) is 0.241. The third kappa shape index (κ3) is 8.93. The minimum Gasteiger partial charge on any atom is -0.480 e. The van der Waals surface area contributed by atoms with Crippen molar-refractivity contribution >= 4 is 29.5 Å². The number of esters is 2. The second kappa shape index (κ2) is 16.0. The Morgan fingerprint density at radius 3 is 2.21 bits per heavy atom. The van der Waals surface area contributed by atoms with Crippen LogP contribution in [0.4, 0.5) is 5.69 Å². The summed E-state index contributed by atoms with van der Waals surface area (Å²) in [6, 6.07) is 16.0. The Labute approximate surface area is 282 Å². The number of nitrogens with zero attached hydrogens (tertiary/aromatic N) is 2. The molecule has 0 radical (unpaired) electrons. The first kappa shape index (κ1) is 35.3. The highest BCUT2D eigenvalue weighted by Gasteiger charge is 2.52. The molecular weight excluding hydrogens is 614 g/mol. The molecule has 260 valence electrons. The molecule has 2 N–H and O–H groups in total. The lowest BCUT2D eigenvalue weighted by Crippen LogP contribution is -2.60. The van der Waals surface area contributed by atoms with Gasteiger partial charge in [0.15, 0.2) is 6.10 Å². The van der Waals surface area contributed by atoms with Gasteiger partial charge in [0, 0.05) is 32.2 Å². The van der Waals surface area contributed by atoms with Crippen molar-refractivity contribution in [1.82, 2.24) is 10.2 Å². The first-order valence-corrected chi connectivity index (χ1v) is 17.1. The summed E-state index contributed by atoms with van der Waals surface area (Å²) in [5, 5.41) is 13.2. The van der Waals surface area contributed by atoms with Gasteiger partial charge in [0.25, 0.3) is 5.91 Å². The number of carbonyl (C=O) groups is 4. The van der Waals surface area contributed by atoms with Crippen molar-refractivity contribution in [2.45, 2.75) is 76.2 Å². The van der Waals surface area contributed by atoms with E-state index in [4.69, 9.17) is 14.2 Å². The van der Waals surface area contributed by atoms with Crippen LogP contribution in [0.15, 0.2) is 54.6 Å². The second-order valence-electron chi connectivity index (χ2n) is 13.5. The zero-order chi connectivity index (χ0) is 34.3. The number of likely N-dealkylation sites (N-methyl/N-ethyl adjacent to an activating group) is 2. The molecule has 2 aliphatic carbocycles. The SMILES string of the molecule is CNC(CC1CC1)(C(=O)OC(Cc1ccc(N2CCOCC2)cc1)C(=O)N(C)C(CC1CC1)C(=O)O)C(C)C(=O)OCc1ccccc1. The van der Waals surface area contributed by atoms with Crippen LogP contribution in [0.3, 0.4) is 0 Å². The number of ether oxygens (including phenoxy) is 3. The van der Waals surface area contributed by atoms with Crippen molar-refractivity contribution in [3.63, 3.8) is 0 Å². The van der Waals surface area contributed by atoms with Crippen LogP contribution in [0.1, 0.15) is 56.6 Å². The Morgan fingerprint density at radius 1 is 0.979 bits per heavy atom. The first-order chi connectivity index (χ1) is 23.1. The molecule has 2 aromatic carbocycles. The van der Waals surface area contributed by atoms with Crippen molar-refractivity contribution < 1.29 is 38.5 Å². The molecule has 0 bridgehead atoms. The molecule has 0 spiro atoms. The maximum atomic E-state index is 14.4. The topological polar surface area (TPSA) is 135 Å². The average Bonchev–Trinajstić information content (AvgIpc) is 4.05. The lowest BCUT2D eigenvalue weighted by atomic mass is 9.80. The number of benzene rings is 2. The largest absolute Gasteiger partial charge is 0.480 e. The summed E-state index contributed by atoms with van der Waals surface area (Å²) >= 11 is 0. The van der Waals surface area contributed by atoms with Gasteiger partial charge in [-0.2, -0.15) is 0 Å². The van der Waals surface area contributed by atoms with Gasteiger partial charge in [-0.3, -0.25) is 9.59 Å². The fraction of sp³-hybridized carbons (Fsp3) is 0.568. The monoisotopic (exact) mass is 663 g/mol. The molecule has 3 aliphatic rings. The smallest absolute Gasteiger partial charge is 0.328 e. The maximum Gasteiger partial charge on any atom is 0.328 e. The molecule has 5 rings (SSSR count). The first-order valence-electron chi connectivity index (χ1n) is 17.1. The third-order valence-electron chi connectivity index (χ3n) is 10.0. The second-order valence-corrected chi connectivity index (χ2v) is 13.5. The molecule has 4 atom stereocenters. The molecule has 11 nitrogen and oxygen atoms in total. The third-order valence-corrected chi connectivity index (χ3v) is 10.0. The number of morpholine rings is 1. The number of rotatable bonds is 17. The Bertz CT molecular complexity index is 1410. The van der Waals surface area contributed by atoms with Gasteiger partial charge in [-0.05, 0) is 61.9 Å². The van der Waals surface area contributed by atoms with Crippen molar-refractivity contribution in [1.29, 1.82) is 0 Å². The molecule has 11 heteroatoms. The van der Waals surface area contributed by atoms with E-state index >= 15 is 0 Å². The summed E-state index contributed by atoms with van der Waals surface area (Å²) in [7, 11) is 3.08. The molecule has 2 aromatic rings. The van der Waals surface area contributed by atoms with Crippen molar-refractivity contribution in [3.05, 3.63) is 65.7 Å². The summed E-state index contributed by atoms with van der Waals surface area (Å²) in [5.74, 6) is -3.42. The number of aliphatic carboxylic acids is 1. The molecule has 1 saturated heterocycles. The number of hydrogen-bond acceptors (Lipinski definition) is 9. The van der Waals surface area contributed by atoms with E-state index in [-0.39, 0.29) is 24.9 Å². The van der Waals surface area contributed by atoms with E-state index in [1.54, 1.807) is 14.0 Å². The minimum absolute atomic E-state index is 0.0458. The average molecular weight is 664 g/mol. The van der Waals surface area contributed by atoms with Gasteiger partial charge in [-0.15, -0.1) is 0 Å². The minimum atomic E-state index is -1.45. The van der Waals surface area contributed by atoms with Crippen LogP contribution in [0.25, 0.3) is 0 Å². The van der Waals surface area contributed by atoms with Gasteiger partial charge < -0.3 is 34.4 Å². The summed E-state index contributed by atoms with van der Waals surface area (Å²) in [6.07, 6.45) is 3.14. The Hall–Kier alpha value is -3.96. The standard InChI is InChI=1S/C37H49N3O8/c1-25(35(44)47-24-29-7-5-4-6-8-29)37(38-2,23-28-11-12-28)36(45)48-32(33(41)39(3)31(34(42)43)21-26-9-10-26)22-27-13-15-30(16-14-27)40-17-19-46-20-18-40/h4-8,13-16,25-26,28,31-32,38H,9-12,17-24H2,1-3H3,(H,42,43). The Morgan fingerprint density at radius 2 is 1.62 bits per heavy atom. The number of carbonyl (C=O) groups excluding carboxylic acids is 3. The molecule has 2 saturated carbocycles. The number of carboxylic acids is 1. The highest BCUT2D eigenvalue weighted by molar-refractivity contribution is 5.92. The van der Waals surface area contributed by atoms with Crippen molar-refractivity contribution in [2.24, 2.45) is 17.8 Å². The van der Waals surface area contributed by atoms with E-state index in [1.807, 2.05) is 54.6 Å². The number of amides is 1. The van der Waals surface area contributed by atoms with E-state index in [1.165, 1.54) is 11.9 Å². The van der Waals surface area contributed by atoms with Gasteiger partial charge in [-0.25, -0.2) is 9.59 Å². The molecular formula is C37H49N3O8.